The van der Waals surface area contributed by atoms with Gasteiger partial charge in [-0.1, -0.05) is 6.07 Å². The van der Waals surface area contributed by atoms with E-state index in [4.69, 9.17) is 0 Å². The maximum Gasteiger partial charge on any atom is 0.319 e. The molecule has 0 aliphatic rings. The molecule has 2 heterocycles. The standard InChI is InChI=1S/C20H23N5OS2/c1-14-12-15(28-20-21-9-5-10-22-20)7-8-16(14)24-19(26)23-13-17(25(2)3)18-6-4-11-27-18/h4-12,17H,13H2,1-3H3,(H2,23,24,26). The minimum absolute atomic E-state index is 0.150. The predicted molar refractivity (Wildman–Crippen MR) is 115 cm³/mol. The van der Waals surface area contributed by atoms with Gasteiger partial charge >= 0.3 is 6.03 Å². The first-order chi connectivity index (χ1) is 13.5. The second-order valence-corrected chi connectivity index (χ2v) is 8.46. The minimum Gasteiger partial charge on any atom is -0.336 e. The van der Waals surface area contributed by atoms with Gasteiger partial charge < -0.3 is 15.5 Å². The Labute approximate surface area is 173 Å². The van der Waals surface area contributed by atoms with E-state index in [9.17, 15) is 4.79 Å². The zero-order chi connectivity index (χ0) is 19.9. The van der Waals surface area contributed by atoms with Crippen LogP contribution in [0.25, 0.3) is 0 Å². The van der Waals surface area contributed by atoms with Crippen LogP contribution in [0.5, 0.6) is 0 Å². The summed E-state index contributed by atoms with van der Waals surface area (Å²) in [4.78, 5) is 25.2. The smallest absolute Gasteiger partial charge is 0.319 e. The Balaban J connectivity index is 1.58. The molecule has 1 aromatic carbocycles. The molecular formula is C20H23N5OS2. The molecular weight excluding hydrogens is 390 g/mol. The number of aromatic nitrogens is 2. The molecule has 1 unspecified atom stereocenters. The number of thiophene rings is 1. The van der Waals surface area contributed by atoms with Crippen molar-refractivity contribution in [2.24, 2.45) is 0 Å². The van der Waals surface area contributed by atoms with Gasteiger partial charge in [0.15, 0.2) is 5.16 Å². The Morgan fingerprint density at radius 1 is 1.21 bits per heavy atom. The molecule has 28 heavy (non-hydrogen) atoms. The molecule has 6 nitrogen and oxygen atoms in total. The summed E-state index contributed by atoms with van der Waals surface area (Å²) in [6.07, 6.45) is 3.44. The van der Waals surface area contributed by atoms with Crippen molar-refractivity contribution < 1.29 is 4.79 Å². The molecule has 1 atom stereocenters. The number of urea groups is 1. The van der Waals surface area contributed by atoms with E-state index in [1.54, 1.807) is 29.8 Å². The Morgan fingerprint density at radius 3 is 2.64 bits per heavy atom. The number of carbonyl (C=O) groups excluding carboxylic acids is 1. The van der Waals surface area contributed by atoms with Crippen LogP contribution < -0.4 is 10.6 Å². The lowest BCUT2D eigenvalue weighted by atomic mass is 10.2. The van der Waals surface area contributed by atoms with Crippen LogP contribution in [0.1, 0.15) is 16.5 Å². The van der Waals surface area contributed by atoms with Crippen LogP contribution in [0.4, 0.5) is 10.5 Å². The summed E-state index contributed by atoms with van der Waals surface area (Å²) < 4.78 is 0. The fraction of sp³-hybridized carbons (Fsp3) is 0.250. The summed E-state index contributed by atoms with van der Waals surface area (Å²) in [5.74, 6) is 0. The summed E-state index contributed by atoms with van der Waals surface area (Å²) in [5, 5.41) is 8.66. The zero-order valence-corrected chi connectivity index (χ0v) is 17.7. The van der Waals surface area contributed by atoms with Crippen molar-refractivity contribution >= 4 is 34.8 Å². The Bertz CT molecular complexity index is 900. The number of aryl methyl sites for hydroxylation is 1. The van der Waals surface area contributed by atoms with Crippen molar-refractivity contribution in [1.82, 2.24) is 20.2 Å². The first-order valence-electron chi connectivity index (χ1n) is 8.83. The van der Waals surface area contributed by atoms with E-state index in [0.717, 1.165) is 16.1 Å². The molecule has 0 spiro atoms. The lowest BCUT2D eigenvalue weighted by molar-refractivity contribution is 0.244. The van der Waals surface area contributed by atoms with Gasteiger partial charge in [-0.15, -0.1) is 11.3 Å². The Hall–Kier alpha value is -2.42. The molecule has 0 bridgehead atoms. The van der Waals surface area contributed by atoms with Gasteiger partial charge in [0.1, 0.15) is 0 Å². The average Bonchev–Trinajstić information content (AvgIpc) is 3.19. The van der Waals surface area contributed by atoms with Crippen molar-refractivity contribution in [3.63, 3.8) is 0 Å². The summed E-state index contributed by atoms with van der Waals surface area (Å²) in [6, 6.07) is 11.7. The van der Waals surface area contributed by atoms with Crippen molar-refractivity contribution in [3.05, 3.63) is 64.6 Å². The monoisotopic (exact) mass is 413 g/mol. The molecule has 8 heteroatoms. The van der Waals surface area contributed by atoms with E-state index >= 15 is 0 Å². The second-order valence-electron chi connectivity index (χ2n) is 6.44. The van der Waals surface area contributed by atoms with Gasteiger partial charge in [0, 0.05) is 34.4 Å². The Morgan fingerprint density at radius 2 is 2.00 bits per heavy atom. The molecule has 3 aromatic rings. The lowest BCUT2D eigenvalue weighted by Gasteiger charge is -2.23. The van der Waals surface area contributed by atoms with E-state index in [-0.39, 0.29) is 12.1 Å². The maximum atomic E-state index is 12.4. The zero-order valence-electron chi connectivity index (χ0n) is 16.0. The van der Waals surface area contributed by atoms with Crippen molar-refractivity contribution in [3.8, 4) is 0 Å². The summed E-state index contributed by atoms with van der Waals surface area (Å²) in [5.41, 5.74) is 1.77. The van der Waals surface area contributed by atoms with E-state index in [2.05, 4.69) is 36.9 Å². The highest BCUT2D eigenvalue weighted by Gasteiger charge is 2.16. The van der Waals surface area contributed by atoms with Gasteiger partial charge in [-0.3, -0.25) is 0 Å². The number of likely N-dealkylation sites (N-methyl/N-ethyl adjacent to an activating group) is 1. The van der Waals surface area contributed by atoms with Gasteiger partial charge in [0.05, 0.1) is 6.04 Å². The molecule has 0 saturated heterocycles. The van der Waals surface area contributed by atoms with Crippen LogP contribution in [-0.2, 0) is 0 Å². The first-order valence-corrected chi connectivity index (χ1v) is 10.5. The van der Waals surface area contributed by atoms with Gasteiger partial charge in [0.25, 0.3) is 0 Å². The van der Waals surface area contributed by atoms with E-state index < -0.39 is 0 Å². The molecule has 146 valence electrons. The number of carbonyl (C=O) groups is 1. The topological polar surface area (TPSA) is 70.1 Å². The minimum atomic E-state index is -0.210. The third-order valence-electron chi connectivity index (χ3n) is 4.15. The van der Waals surface area contributed by atoms with Crippen LogP contribution in [0.2, 0.25) is 0 Å². The molecule has 2 N–H and O–H groups in total. The molecule has 3 rings (SSSR count). The van der Waals surface area contributed by atoms with E-state index in [1.807, 2.05) is 45.3 Å². The number of nitrogens with zero attached hydrogens (tertiary/aromatic N) is 3. The summed E-state index contributed by atoms with van der Waals surface area (Å²) in [7, 11) is 4.03. The number of rotatable bonds is 7. The maximum absolute atomic E-state index is 12.4. The van der Waals surface area contributed by atoms with Gasteiger partial charge in [-0.2, -0.15) is 0 Å². The highest BCUT2D eigenvalue weighted by Crippen LogP contribution is 2.28. The number of anilines is 1. The number of benzene rings is 1. The molecule has 2 amide bonds. The van der Waals surface area contributed by atoms with E-state index in [0.29, 0.717) is 11.7 Å². The van der Waals surface area contributed by atoms with Crippen LogP contribution in [0.15, 0.2) is 64.2 Å². The van der Waals surface area contributed by atoms with Crippen molar-refractivity contribution in [2.75, 3.05) is 26.0 Å². The summed E-state index contributed by atoms with van der Waals surface area (Å²) >= 11 is 3.18. The highest BCUT2D eigenvalue weighted by atomic mass is 32.2. The second kappa shape index (κ2) is 9.68. The number of hydrogen-bond acceptors (Lipinski definition) is 6. The van der Waals surface area contributed by atoms with Crippen LogP contribution in [-0.4, -0.2) is 41.5 Å². The molecule has 2 aromatic heterocycles. The third kappa shape index (κ3) is 5.54. The fourth-order valence-corrected chi connectivity index (χ4v) is 4.39. The SMILES string of the molecule is Cc1cc(Sc2ncccn2)ccc1NC(=O)NCC(c1cccs1)N(C)C. The normalized spacial score (nSPS) is 12.0. The van der Waals surface area contributed by atoms with Gasteiger partial charge in [0.2, 0.25) is 0 Å². The largest absolute Gasteiger partial charge is 0.336 e. The van der Waals surface area contributed by atoms with Crippen molar-refractivity contribution in [2.45, 2.75) is 23.0 Å². The molecule has 0 fully saturated rings. The first kappa shape index (κ1) is 20.3. The molecule has 0 radical (unpaired) electrons. The Kier molecular flexibility index (Phi) is 7.02. The van der Waals surface area contributed by atoms with Crippen LogP contribution in [0, 0.1) is 6.92 Å². The summed E-state index contributed by atoms with van der Waals surface area (Å²) in [6.45, 7) is 2.51. The molecule has 0 aliphatic carbocycles. The fourth-order valence-electron chi connectivity index (χ4n) is 2.66. The third-order valence-corrected chi connectivity index (χ3v) is 6.00. The van der Waals surface area contributed by atoms with Gasteiger partial charge in [-0.25, -0.2) is 14.8 Å². The number of amides is 2. The number of hydrogen-bond donors (Lipinski definition) is 2. The predicted octanol–water partition coefficient (Wildman–Crippen LogP) is 4.42. The molecule has 0 saturated carbocycles. The molecule has 0 aliphatic heterocycles. The van der Waals surface area contributed by atoms with E-state index in [1.165, 1.54) is 16.6 Å². The lowest BCUT2D eigenvalue weighted by Crippen LogP contribution is -2.36. The van der Waals surface area contributed by atoms with Crippen LogP contribution in [0.3, 0.4) is 0 Å². The average molecular weight is 414 g/mol. The highest BCUT2D eigenvalue weighted by molar-refractivity contribution is 7.99. The van der Waals surface area contributed by atoms with Crippen molar-refractivity contribution in [1.29, 1.82) is 0 Å². The van der Waals surface area contributed by atoms with Crippen LogP contribution >= 0.6 is 23.1 Å². The number of nitrogens with one attached hydrogen (secondary N) is 2. The van der Waals surface area contributed by atoms with Gasteiger partial charge in [-0.05, 0) is 74.1 Å². The quantitative estimate of drug-likeness (QED) is 0.561.